The Morgan fingerprint density at radius 3 is 2.74 bits per heavy atom. The molecular formula is C26H19IN2O5S. The number of terminal acetylenes is 1. The van der Waals surface area contributed by atoms with E-state index in [9.17, 15) is 14.4 Å². The molecule has 1 fully saturated rings. The third-order valence-electron chi connectivity index (χ3n) is 5.09. The highest BCUT2D eigenvalue weighted by Crippen LogP contribution is 2.37. The molecule has 0 unspecified atom stereocenters. The molecule has 7 nitrogen and oxygen atoms in total. The maximum atomic E-state index is 12.9. The largest absolute Gasteiger partial charge is 0.493 e. The zero-order valence-corrected chi connectivity index (χ0v) is 21.5. The zero-order chi connectivity index (χ0) is 24.9. The van der Waals surface area contributed by atoms with E-state index in [1.165, 1.54) is 7.11 Å². The van der Waals surface area contributed by atoms with Crippen LogP contribution >= 0.6 is 34.4 Å². The molecule has 0 saturated carbocycles. The van der Waals surface area contributed by atoms with Crippen molar-refractivity contribution in [1.82, 2.24) is 4.90 Å². The molecule has 0 spiro atoms. The second-order valence-electron chi connectivity index (χ2n) is 7.37. The Hall–Kier alpha value is -3.49. The van der Waals surface area contributed by atoms with Gasteiger partial charge in [-0.15, -0.1) is 6.42 Å². The van der Waals surface area contributed by atoms with E-state index < -0.39 is 17.1 Å². The maximum absolute atomic E-state index is 12.9. The molecule has 3 aromatic carbocycles. The molecule has 1 N–H and O–H groups in total. The van der Waals surface area contributed by atoms with Crippen LogP contribution in [-0.2, 0) is 9.59 Å². The minimum atomic E-state index is -0.533. The Kier molecular flexibility index (Phi) is 7.63. The molecule has 3 aromatic rings. The lowest BCUT2D eigenvalue weighted by molar-refractivity contribution is -0.127. The third-order valence-corrected chi connectivity index (χ3v) is 6.80. The molecule has 1 saturated heterocycles. The van der Waals surface area contributed by atoms with E-state index in [0.29, 0.717) is 22.7 Å². The predicted octanol–water partition coefficient (Wildman–Crippen LogP) is 5.14. The van der Waals surface area contributed by atoms with Crippen LogP contribution in [0.15, 0.2) is 59.5 Å². The highest BCUT2D eigenvalue weighted by Gasteiger charge is 2.36. The summed E-state index contributed by atoms with van der Waals surface area (Å²) in [4.78, 5) is 39.3. The van der Waals surface area contributed by atoms with Crippen LogP contribution in [0.4, 0.5) is 10.5 Å². The van der Waals surface area contributed by atoms with E-state index in [1.54, 1.807) is 24.3 Å². The van der Waals surface area contributed by atoms with E-state index in [2.05, 4.69) is 33.8 Å². The predicted molar refractivity (Wildman–Crippen MR) is 145 cm³/mol. The minimum absolute atomic E-state index is 0.0887. The highest BCUT2D eigenvalue weighted by atomic mass is 127. The van der Waals surface area contributed by atoms with Crippen LogP contribution in [0.2, 0.25) is 0 Å². The van der Waals surface area contributed by atoms with Gasteiger partial charge in [0.05, 0.1) is 15.6 Å². The van der Waals surface area contributed by atoms with Gasteiger partial charge in [-0.2, -0.15) is 0 Å². The molecule has 0 atom stereocenters. The first-order chi connectivity index (χ1) is 16.9. The van der Waals surface area contributed by atoms with Crippen molar-refractivity contribution in [2.75, 3.05) is 25.6 Å². The number of fused-ring (bicyclic) bond motifs is 1. The fourth-order valence-corrected chi connectivity index (χ4v) is 5.15. The van der Waals surface area contributed by atoms with Gasteiger partial charge in [-0.25, -0.2) is 0 Å². The average Bonchev–Trinajstić information content (AvgIpc) is 3.10. The van der Waals surface area contributed by atoms with Gasteiger partial charge in [0.2, 0.25) is 5.91 Å². The number of nitrogens with zero attached hydrogens (tertiary/aromatic N) is 1. The van der Waals surface area contributed by atoms with Crippen LogP contribution in [0.1, 0.15) is 5.56 Å². The standard InChI is InChI=1S/C26H19IN2O5S/c1-3-11-34-24-19(27)12-16(13-21(24)33-2)14-22-25(31)29(26(32)35-22)15-23(30)28-20-10-6-8-17-7-4-5-9-18(17)20/h1,4-10,12-14H,11,15H2,2H3,(H,28,30)/b22-14+. The summed E-state index contributed by atoms with van der Waals surface area (Å²) in [5.41, 5.74) is 1.26. The first-order valence-corrected chi connectivity index (χ1v) is 12.3. The molecular weight excluding hydrogens is 579 g/mol. The number of hydrogen-bond donors (Lipinski definition) is 1. The SMILES string of the molecule is C#CCOc1c(I)cc(/C=C2/SC(=O)N(CC(=O)Nc3cccc4ccccc34)C2=O)cc1OC. The van der Waals surface area contributed by atoms with Gasteiger partial charge in [-0.05, 0) is 69.6 Å². The van der Waals surface area contributed by atoms with Crippen molar-refractivity contribution in [2.24, 2.45) is 0 Å². The second kappa shape index (κ2) is 10.8. The van der Waals surface area contributed by atoms with E-state index in [1.807, 2.05) is 36.4 Å². The summed E-state index contributed by atoms with van der Waals surface area (Å²) in [6.07, 6.45) is 6.85. The lowest BCUT2D eigenvalue weighted by Crippen LogP contribution is -2.36. The van der Waals surface area contributed by atoms with Gasteiger partial charge < -0.3 is 14.8 Å². The molecule has 3 amide bonds. The Balaban J connectivity index is 1.51. The van der Waals surface area contributed by atoms with Gasteiger partial charge in [0, 0.05) is 11.1 Å². The first kappa shape index (κ1) is 24.6. The zero-order valence-electron chi connectivity index (χ0n) is 18.5. The first-order valence-electron chi connectivity index (χ1n) is 10.4. The van der Waals surface area contributed by atoms with Crippen molar-refractivity contribution in [2.45, 2.75) is 0 Å². The van der Waals surface area contributed by atoms with Gasteiger partial charge >= 0.3 is 0 Å². The molecule has 35 heavy (non-hydrogen) atoms. The number of nitrogens with one attached hydrogen (secondary N) is 1. The second-order valence-corrected chi connectivity index (χ2v) is 9.53. The van der Waals surface area contributed by atoms with Gasteiger partial charge in [-0.3, -0.25) is 19.3 Å². The van der Waals surface area contributed by atoms with Crippen molar-refractivity contribution >= 4 is 73.9 Å². The third kappa shape index (κ3) is 5.44. The summed E-state index contributed by atoms with van der Waals surface area (Å²) in [5.74, 6) is 2.36. The number of benzene rings is 3. The Labute approximate surface area is 220 Å². The average molecular weight is 598 g/mol. The molecule has 176 valence electrons. The lowest BCUT2D eigenvalue weighted by Gasteiger charge is -2.14. The lowest BCUT2D eigenvalue weighted by atomic mass is 10.1. The number of methoxy groups -OCH3 is 1. The highest BCUT2D eigenvalue weighted by molar-refractivity contribution is 14.1. The molecule has 0 bridgehead atoms. The Morgan fingerprint density at radius 2 is 1.97 bits per heavy atom. The summed E-state index contributed by atoms with van der Waals surface area (Å²) in [7, 11) is 1.50. The van der Waals surface area contributed by atoms with Crippen molar-refractivity contribution in [3.05, 3.63) is 68.6 Å². The summed E-state index contributed by atoms with van der Waals surface area (Å²) in [6.45, 7) is -0.295. The molecule has 4 rings (SSSR count). The van der Waals surface area contributed by atoms with E-state index in [0.717, 1.165) is 31.0 Å². The van der Waals surface area contributed by atoms with Gasteiger partial charge in [0.1, 0.15) is 13.2 Å². The number of carbonyl (C=O) groups is 3. The van der Waals surface area contributed by atoms with Crippen molar-refractivity contribution < 1.29 is 23.9 Å². The van der Waals surface area contributed by atoms with E-state index in [-0.39, 0.29) is 18.1 Å². The topological polar surface area (TPSA) is 84.9 Å². The van der Waals surface area contributed by atoms with E-state index in [4.69, 9.17) is 15.9 Å². The molecule has 0 aromatic heterocycles. The number of carbonyl (C=O) groups excluding carboxylic acids is 3. The molecule has 1 aliphatic rings. The van der Waals surface area contributed by atoms with Crippen LogP contribution in [-0.4, -0.2) is 42.2 Å². The summed E-state index contributed by atoms with van der Waals surface area (Å²) in [6, 6.07) is 16.7. The monoisotopic (exact) mass is 598 g/mol. The van der Waals surface area contributed by atoms with Crippen molar-refractivity contribution in [3.63, 3.8) is 0 Å². The van der Waals surface area contributed by atoms with Crippen LogP contribution in [0.3, 0.4) is 0 Å². The number of hydrogen-bond acceptors (Lipinski definition) is 6. The van der Waals surface area contributed by atoms with Gasteiger partial charge in [-0.1, -0.05) is 42.3 Å². The smallest absolute Gasteiger partial charge is 0.294 e. The Morgan fingerprint density at radius 1 is 1.20 bits per heavy atom. The van der Waals surface area contributed by atoms with E-state index >= 15 is 0 Å². The molecule has 0 radical (unpaired) electrons. The number of rotatable bonds is 7. The van der Waals surface area contributed by atoms with Crippen molar-refractivity contribution in [3.8, 4) is 23.8 Å². The molecule has 9 heteroatoms. The van der Waals surface area contributed by atoms with Crippen LogP contribution < -0.4 is 14.8 Å². The maximum Gasteiger partial charge on any atom is 0.294 e. The number of amides is 3. The van der Waals surface area contributed by atoms with Crippen LogP contribution in [0.5, 0.6) is 11.5 Å². The van der Waals surface area contributed by atoms with Crippen LogP contribution in [0, 0.1) is 15.9 Å². The quantitative estimate of drug-likeness (QED) is 0.231. The summed E-state index contributed by atoms with van der Waals surface area (Å²) in [5, 5.41) is 4.14. The minimum Gasteiger partial charge on any atom is -0.493 e. The summed E-state index contributed by atoms with van der Waals surface area (Å²) >= 11 is 2.86. The molecule has 1 heterocycles. The number of ether oxygens (including phenoxy) is 2. The van der Waals surface area contributed by atoms with Crippen molar-refractivity contribution in [1.29, 1.82) is 0 Å². The summed E-state index contributed by atoms with van der Waals surface area (Å²) < 4.78 is 11.7. The molecule has 0 aliphatic carbocycles. The van der Waals surface area contributed by atoms with Gasteiger partial charge in [0.15, 0.2) is 11.5 Å². The number of halogens is 1. The van der Waals surface area contributed by atoms with Crippen LogP contribution in [0.25, 0.3) is 16.8 Å². The normalized spacial score (nSPS) is 14.3. The van der Waals surface area contributed by atoms with Gasteiger partial charge in [0.25, 0.3) is 11.1 Å². The fourth-order valence-electron chi connectivity index (χ4n) is 3.53. The number of anilines is 1. The Bertz CT molecular complexity index is 1410. The number of imide groups is 1. The number of thioether (sulfide) groups is 1. The molecule has 1 aliphatic heterocycles. The fraction of sp³-hybridized carbons (Fsp3) is 0.115.